The van der Waals surface area contributed by atoms with Crippen molar-refractivity contribution >= 4 is 38.6 Å². The minimum absolute atomic E-state index is 0.0357. The zero-order valence-electron chi connectivity index (χ0n) is 10.0. The molecule has 0 aliphatic rings. The Balaban J connectivity index is 2.32. The maximum Gasteiger partial charge on any atom is 0.208 e. The summed E-state index contributed by atoms with van der Waals surface area (Å²) in [5, 5.41) is -0.0357. The molecule has 3 N–H and O–H groups in total. The van der Waals surface area contributed by atoms with Crippen LogP contribution in [-0.2, 0) is 16.6 Å². The molecule has 1 heterocycles. The van der Waals surface area contributed by atoms with Crippen molar-refractivity contribution in [1.29, 1.82) is 0 Å². The van der Waals surface area contributed by atoms with E-state index in [4.69, 9.17) is 17.3 Å². The van der Waals surface area contributed by atoms with E-state index >= 15 is 0 Å². The molecule has 2 aromatic rings. The van der Waals surface area contributed by atoms with Gasteiger partial charge in [0, 0.05) is 19.2 Å². The van der Waals surface area contributed by atoms with Crippen LogP contribution in [0.3, 0.4) is 0 Å². The number of anilines is 1. The summed E-state index contributed by atoms with van der Waals surface area (Å²) in [5.41, 5.74) is 6.64. The fourth-order valence-electron chi connectivity index (χ4n) is 1.72. The van der Waals surface area contributed by atoms with Crippen molar-refractivity contribution < 1.29 is 12.8 Å². The average Bonchev–Trinajstić information content (AvgIpc) is 2.55. The van der Waals surface area contributed by atoms with Gasteiger partial charge in [-0.25, -0.2) is 22.5 Å². The van der Waals surface area contributed by atoms with E-state index in [1.54, 1.807) is 0 Å². The van der Waals surface area contributed by atoms with Gasteiger partial charge >= 0.3 is 0 Å². The van der Waals surface area contributed by atoms with Crippen LogP contribution in [0.4, 0.5) is 10.3 Å². The van der Waals surface area contributed by atoms with Gasteiger partial charge in [-0.3, -0.25) is 0 Å². The van der Waals surface area contributed by atoms with Crippen molar-refractivity contribution in [2.75, 3.05) is 18.5 Å². The quantitative estimate of drug-likeness (QED) is 0.880. The smallest absolute Gasteiger partial charge is 0.208 e. The zero-order chi connectivity index (χ0) is 14.2. The van der Waals surface area contributed by atoms with Crippen LogP contribution in [0.25, 0.3) is 11.0 Å². The Morgan fingerprint density at radius 3 is 2.84 bits per heavy atom. The minimum atomic E-state index is -3.28. The third-order valence-electron chi connectivity index (χ3n) is 2.52. The molecule has 0 unspecified atom stereocenters. The molecule has 2 rings (SSSR count). The second-order valence-corrected chi connectivity index (χ2v) is 6.28. The largest absolute Gasteiger partial charge is 0.369 e. The van der Waals surface area contributed by atoms with Gasteiger partial charge < -0.3 is 10.3 Å². The van der Waals surface area contributed by atoms with Crippen LogP contribution >= 0.6 is 11.6 Å². The number of hydrogen-bond donors (Lipinski definition) is 2. The molecule has 0 aliphatic heterocycles. The van der Waals surface area contributed by atoms with Gasteiger partial charge in [0.2, 0.25) is 16.0 Å². The Labute approximate surface area is 114 Å². The third-order valence-corrected chi connectivity index (χ3v) is 3.54. The highest BCUT2D eigenvalue weighted by atomic mass is 35.5. The van der Waals surface area contributed by atoms with Crippen LogP contribution in [0.1, 0.15) is 0 Å². The number of nitrogens with two attached hydrogens (primary N) is 1. The summed E-state index contributed by atoms with van der Waals surface area (Å²) in [5.74, 6) is -0.404. The highest BCUT2D eigenvalue weighted by Crippen LogP contribution is 2.24. The van der Waals surface area contributed by atoms with Gasteiger partial charge in [-0.2, -0.15) is 0 Å². The van der Waals surface area contributed by atoms with Crippen LogP contribution < -0.4 is 10.5 Å². The number of hydrogen-bond acceptors (Lipinski definition) is 4. The summed E-state index contributed by atoms with van der Waals surface area (Å²) in [6.07, 6.45) is 1.06. The Kier molecular flexibility index (Phi) is 3.66. The molecule has 9 heteroatoms. The molecule has 6 nitrogen and oxygen atoms in total. The van der Waals surface area contributed by atoms with Crippen LogP contribution in [0.2, 0.25) is 5.02 Å². The molecular weight excluding hydrogens is 295 g/mol. The number of nitrogens with zero attached hydrogens (tertiary/aromatic N) is 2. The fraction of sp³-hybridized carbons (Fsp3) is 0.300. The lowest BCUT2D eigenvalue weighted by atomic mass is 10.3. The second kappa shape index (κ2) is 4.95. The van der Waals surface area contributed by atoms with E-state index in [9.17, 15) is 12.8 Å². The Hall–Kier alpha value is -1.38. The molecule has 1 aromatic heterocycles. The van der Waals surface area contributed by atoms with Crippen LogP contribution in [0, 0.1) is 5.82 Å². The van der Waals surface area contributed by atoms with E-state index in [0.717, 1.165) is 6.26 Å². The fourth-order valence-corrected chi connectivity index (χ4v) is 2.34. The minimum Gasteiger partial charge on any atom is -0.369 e. The molecule has 0 saturated carbocycles. The van der Waals surface area contributed by atoms with Gasteiger partial charge in [0.15, 0.2) is 0 Å². The molecule has 19 heavy (non-hydrogen) atoms. The molecule has 0 fully saturated rings. The number of benzene rings is 1. The zero-order valence-corrected chi connectivity index (χ0v) is 11.6. The first-order valence-corrected chi connectivity index (χ1v) is 7.60. The molecule has 104 valence electrons. The maximum absolute atomic E-state index is 13.4. The normalized spacial score (nSPS) is 12.2. The summed E-state index contributed by atoms with van der Waals surface area (Å²) >= 11 is 5.66. The summed E-state index contributed by atoms with van der Waals surface area (Å²) < 4.78 is 39.2. The topological polar surface area (TPSA) is 90.0 Å². The first kappa shape index (κ1) is 14.0. The number of imidazole rings is 1. The van der Waals surface area contributed by atoms with E-state index < -0.39 is 15.8 Å². The lowest BCUT2D eigenvalue weighted by molar-refractivity contribution is 0.580. The average molecular weight is 307 g/mol. The second-order valence-electron chi connectivity index (χ2n) is 4.04. The van der Waals surface area contributed by atoms with Crippen molar-refractivity contribution in [2.24, 2.45) is 0 Å². The van der Waals surface area contributed by atoms with Gasteiger partial charge in [0.1, 0.15) is 5.82 Å². The van der Waals surface area contributed by atoms with Crippen molar-refractivity contribution in [1.82, 2.24) is 14.3 Å². The molecule has 0 spiro atoms. The standard InChI is InChI=1S/C10H12ClFN4O2S/c1-19(17,18)14-2-3-16-9-5-7(12)6(11)4-8(9)15-10(16)13/h4-5,14H,2-3H2,1H3,(H2,13,15). The number of sulfonamides is 1. The van der Waals surface area contributed by atoms with Gasteiger partial charge in [-0.1, -0.05) is 11.6 Å². The first-order valence-electron chi connectivity index (χ1n) is 5.33. The van der Waals surface area contributed by atoms with E-state index in [1.807, 2.05) is 0 Å². The Bertz CT molecular complexity index is 729. The lowest BCUT2D eigenvalue weighted by Crippen LogP contribution is -2.26. The molecule has 0 bridgehead atoms. The number of nitrogen functional groups attached to an aromatic ring is 1. The molecule has 0 aliphatic carbocycles. The van der Waals surface area contributed by atoms with E-state index in [0.29, 0.717) is 11.0 Å². The number of aromatic nitrogens is 2. The van der Waals surface area contributed by atoms with E-state index in [2.05, 4.69) is 9.71 Å². The molecular formula is C10H12ClFN4O2S. The van der Waals surface area contributed by atoms with E-state index in [-0.39, 0.29) is 24.1 Å². The molecule has 1 aromatic carbocycles. The highest BCUT2D eigenvalue weighted by molar-refractivity contribution is 7.88. The predicted octanol–water partition coefficient (Wildman–Crippen LogP) is 0.960. The summed E-state index contributed by atoms with van der Waals surface area (Å²) in [7, 11) is -3.28. The van der Waals surface area contributed by atoms with Crippen molar-refractivity contribution in [3.63, 3.8) is 0 Å². The van der Waals surface area contributed by atoms with Gasteiger partial charge in [0.25, 0.3) is 0 Å². The molecule has 0 amide bonds. The number of nitrogens with one attached hydrogen (secondary N) is 1. The lowest BCUT2D eigenvalue weighted by Gasteiger charge is -2.07. The summed E-state index contributed by atoms with van der Waals surface area (Å²) in [6, 6.07) is 2.60. The van der Waals surface area contributed by atoms with Crippen LogP contribution in [0.15, 0.2) is 12.1 Å². The number of halogens is 2. The van der Waals surface area contributed by atoms with Gasteiger partial charge in [-0.15, -0.1) is 0 Å². The number of rotatable bonds is 4. The summed E-state index contributed by atoms with van der Waals surface area (Å²) in [6.45, 7) is 0.384. The monoisotopic (exact) mass is 306 g/mol. The SMILES string of the molecule is CS(=O)(=O)NCCn1c(N)nc2cc(Cl)c(F)cc21. The van der Waals surface area contributed by atoms with E-state index in [1.165, 1.54) is 16.7 Å². The molecule has 0 radical (unpaired) electrons. The Morgan fingerprint density at radius 2 is 2.21 bits per heavy atom. The summed E-state index contributed by atoms with van der Waals surface area (Å²) in [4.78, 5) is 4.04. The first-order chi connectivity index (χ1) is 8.78. The number of fused-ring (bicyclic) bond motifs is 1. The van der Waals surface area contributed by atoms with Crippen LogP contribution in [0.5, 0.6) is 0 Å². The maximum atomic E-state index is 13.4. The third kappa shape index (κ3) is 3.14. The van der Waals surface area contributed by atoms with Crippen molar-refractivity contribution in [3.05, 3.63) is 23.0 Å². The van der Waals surface area contributed by atoms with Crippen molar-refractivity contribution in [2.45, 2.75) is 6.54 Å². The van der Waals surface area contributed by atoms with Crippen LogP contribution in [-0.4, -0.2) is 30.8 Å². The highest BCUT2D eigenvalue weighted by Gasteiger charge is 2.12. The predicted molar refractivity (Wildman–Crippen MR) is 72.0 cm³/mol. The molecule has 0 atom stereocenters. The Morgan fingerprint density at radius 1 is 1.53 bits per heavy atom. The van der Waals surface area contributed by atoms with Crippen molar-refractivity contribution in [3.8, 4) is 0 Å². The molecule has 0 saturated heterocycles. The van der Waals surface area contributed by atoms with Gasteiger partial charge in [0.05, 0.1) is 22.3 Å². The van der Waals surface area contributed by atoms with Gasteiger partial charge in [-0.05, 0) is 6.07 Å².